The molecule has 1 aliphatic heterocycles. The number of aliphatic hydroxyl groups is 1. The number of ether oxygens (including phenoxy) is 1. The predicted molar refractivity (Wildman–Crippen MR) is 113 cm³/mol. The van der Waals surface area contributed by atoms with Crippen LogP contribution in [0.5, 0.6) is 11.5 Å². The SMILES string of the molecule is COc1ccc(C(O)=C2C(=O)C(=O)N(CCCN(C)C)C2c2ccc(F)cc2)c(O)c1. The number of aliphatic hydroxyl groups excluding tert-OH is 1. The number of phenolic OH excluding ortho intramolecular Hbond substituents is 1. The highest BCUT2D eigenvalue weighted by molar-refractivity contribution is 6.46. The van der Waals surface area contributed by atoms with Crippen molar-refractivity contribution in [2.24, 2.45) is 0 Å². The van der Waals surface area contributed by atoms with Crippen LogP contribution in [0, 0.1) is 5.82 Å². The first-order chi connectivity index (χ1) is 14.7. The first-order valence-corrected chi connectivity index (χ1v) is 9.80. The van der Waals surface area contributed by atoms with Crippen molar-refractivity contribution in [2.45, 2.75) is 12.5 Å². The molecule has 0 bridgehead atoms. The third-order valence-corrected chi connectivity index (χ3v) is 5.19. The van der Waals surface area contributed by atoms with Gasteiger partial charge in [0.25, 0.3) is 11.7 Å². The number of carbonyl (C=O) groups is 2. The third-order valence-electron chi connectivity index (χ3n) is 5.19. The maximum Gasteiger partial charge on any atom is 0.295 e. The van der Waals surface area contributed by atoms with Gasteiger partial charge in [-0.15, -0.1) is 0 Å². The molecule has 1 aliphatic rings. The normalized spacial score (nSPS) is 18.1. The summed E-state index contributed by atoms with van der Waals surface area (Å²) < 4.78 is 18.6. The lowest BCUT2D eigenvalue weighted by atomic mass is 9.95. The molecule has 31 heavy (non-hydrogen) atoms. The highest BCUT2D eigenvalue weighted by Gasteiger charge is 2.46. The Morgan fingerprint density at radius 1 is 1.16 bits per heavy atom. The van der Waals surface area contributed by atoms with Crippen molar-refractivity contribution >= 4 is 17.4 Å². The maximum atomic E-state index is 13.5. The number of phenols is 1. The van der Waals surface area contributed by atoms with E-state index in [2.05, 4.69) is 0 Å². The van der Waals surface area contributed by atoms with Crippen LogP contribution in [0.1, 0.15) is 23.6 Å². The largest absolute Gasteiger partial charge is 0.507 e. The van der Waals surface area contributed by atoms with Gasteiger partial charge >= 0.3 is 0 Å². The van der Waals surface area contributed by atoms with Crippen LogP contribution in [0.2, 0.25) is 0 Å². The average Bonchev–Trinajstić information content (AvgIpc) is 2.98. The number of rotatable bonds is 7. The van der Waals surface area contributed by atoms with Crippen LogP contribution in [0.4, 0.5) is 4.39 Å². The fourth-order valence-corrected chi connectivity index (χ4v) is 3.64. The highest BCUT2D eigenvalue weighted by Crippen LogP contribution is 2.41. The predicted octanol–water partition coefficient (Wildman–Crippen LogP) is 2.91. The molecule has 1 amide bonds. The van der Waals surface area contributed by atoms with E-state index in [1.165, 1.54) is 54.5 Å². The number of nitrogens with zero attached hydrogens (tertiary/aromatic N) is 2. The minimum absolute atomic E-state index is 0.000738. The molecule has 0 aromatic heterocycles. The van der Waals surface area contributed by atoms with Crippen LogP contribution in [0.3, 0.4) is 0 Å². The smallest absolute Gasteiger partial charge is 0.295 e. The molecule has 0 spiro atoms. The van der Waals surface area contributed by atoms with Crippen molar-refractivity contribution in [3.05, 3.63) is 65.0 Å². The molecule has 0 radical (unpaired) electrons. The monoisotopic (exact) mass is 428 g/mol. The first kappa shape index (κ1) is 22.3. The van der Waals surface area contributed by atoms with Gasteiger partial charge < -0.3 is 24.7 Å². The van der Waals surface area contributed by atoms with E-state index in [0.717, 1.165) is 0 Å². The van der Waals surface area contributed by atoms with Gasteiger partial charge in [0.05, 0.1) is 24.3 Å². The number of benzene rings is 2. The summed E-state index contributed by atoms with van der Waals surface area (Å²) in [6, 6.07) is 8.76. The van der Waals surface area contributed by atoms with Gasteiger partial charge in [0.1, 0.15) is 23.1 Å². The van der Waals surface area contributed by atoms with E-state index in [4.69, 9.17) is 4.74 Å². The molecule has 8 heteroatoms. The van der Waals surface area contributed by atoms with Gasteiger partial charge in [0, 0.05) is 12.6 Å². The van der Waals surface area contributed by atoms with Crippen molar-refractivity contribution in [2.75, 3.05) is 34.3 Å². The van der Waals surface area contributed by atoms with Crippen molar-refractivity contribution < 1.29 is 28.9 Å². The lowest BCUT2D eigenvalue weighted by molar-refractivity contribution is -0.139. The number of halogens is 1. The second-order valence-electron chi connectivity index (χ2n) is 7.58. The molecule has 1 atom stereocenters. The highest BCUT2D eigenvalue weighted by atomic mass is 19.1. The van der Waals surface area contributed by atoms with Gasteiger partial charge in [-0.05, 0) is 56.9 Å². The Hall–Kier alpha value is -3.39. The number of carbonyl (C=O) groups excluding carboxylic acids is 2. The van der Waals surface area contributed by atoms with E-state index < -0.39 is 29.3 Å². The average molecular weight is 428 g/mol. The lowest BCUT2D eigenvalue weighted by Crippen LogP contribution is -2.32. The summed E-state index contributed by atoms with van der Waals surface area (Å²) in [6.45, 7) is 0.967. The Labute approximate surface area is 180 Å². The molecule has 1 heterocycles. The fourth-order valence-electron chi connectivity index (χ4n) is 3.64. The zero-order valence-electron chi connectivity index (χ0n) is 17.6. The molecule has 1 unspecified atom stereocenters. The van der Waals surface area contributed by atoms with Crippen LogP contribution in [0.25, 0.3) is 5.76 Å². The Bertz CT molecular complexity index is 1020. The van der Waals surface area contributed by atoms with E-state index >= 15 is 0 Å². The number of Topliss-reactive ketones (excluding diaryl/α,β-unsaturated/α-hetero) is 1. The topological polar surface area (TPSA) is 90.3 Å². The third kappa shape index (κ3) is 4.54. The Morgan fingerprint density at radius 2 is 1.84 bits per heavy atom. The summed E-state index contributed by atoms with van der Waals surface area (Å²) in [5, 5.41) is 21.3. The molecule has 2 aromatic carbocycles. The van der Waals surface area contributed by atoms with Crippen LogP contribution < -0.4 is 4.74 Å². The number of methoxy groups -OCH3 is 1. The number of ketones is 1. The maximum absolute atomic E-state index is 13.5. The van der Waals surface area contributed by atoms with E-state index in [1.54, 1.807) is 0 Å². The Kier molecular flexibility index (Phi) is 6.60. The molecule has 1 fully saturated rings. The zero-order valence-corrected chi connectivity index (χ0v) is 17.6. The summed E-state index contributed by atoms with van der Waals surface area (Å²) in [7, 11) is 5.23. The minimum atomic E-state index is -0.899. The van der Waals surface area contributed by atoms with Gasteiger partial charge in [0.2, 0.25) is 0 Å². The molecular weight excluding hydrogens is 403 g/mol. The quantitative estimate of drug-likeness (QED) is 0.400. The molecule has 1 saturated heterocycles. The van der Waals surface area contributed by atoms with E-state index in [9.17, 15) is 24.2 Å². The van der Waals surface area contributed by atoms with Crippen LogP contribution in [-0.4, -0.2) is 66.0 Å². The van der Waals surface area contributed by atoms with Gasteiger partial charge in [-0.2, -0.15) is 0 Å². The Morgan fingerprint density at radius 3 is 2.42 bits per heavy atom. The van der Waals surface area contributed by atoms with Crippen molar-refractivity contribution in [1.29, 1.82) is 0 Å². The molecular formula is C23H25FN2O5. The molecule has 7 nitrogen and oxygen atoms in total. The summed E-state index contributed by atoms with van der Waals surface area (Å²) in [5.41, 5.74) is 0.334. The molecule has 0 saturated carbocycles. The Balaban J connectivity index is 2.11. The van der Waals surface area contributed by atoms with Crippen molar-refractivity contribution in [1.82, 2.24) is 9.80 Å². The standard InChI is InChI=1S/C23H25FN2O5/c1-25(2)11-4-12-26-20(14-5-7-15(24)8-6-14)19(22(29)23(26)30)21(28)17-10-9-16(31-3)13-18(17)27/h5-10,13,20,27-28H,4,11-12H2,1-3H3. The van der Waals surface area contributed by atoms with Gasteiger partial charge in [0.15, 0.2) is 0 Å². The molecule has 2 aromatic rings. The molecule has 164 valence electrons. The van der Waals surface area contributed by atoms with Crippen LogP contribution in [-0.2, 0) is 9.59 Å². The van der Waals surface area contributed by atoms with Gasteiger partial charge in [-0.25, -0.2) is 4.39 Å². The van der Waals surface area contributed by atoms with E-state index in [1.807, 2.05) is 19.0 Å². The number of likely N-dealkylation sites (tertiary alicyclic amines) is 1. The van der Waals surface area contributed by atoms with Crippen molar-refractivity contribution in [3.8, 4) is 11.5 Å². The molecule has 2 N–H and O–H groups in total. The zero-order chi connectivity index (χ0) is 22.7. The minimum Gasteiger partial charge on any atom is -0.507 e. The second-order valence-corrected chi connectivity index (χ2v) is 7.58. The number of amides is 1. The number of hydrogen-bond acceptors (Lipinski definition) is 6. The van der Waals surface area contributed by atoms with Gasteiger partial charge in [-0.3, -0.25) is 9.59 Å². The van der Waals surface area contributed by atoms with Gasteiger partial charge in [-0.1, -0.05) is 12.1 Å². The van der Waals surface area contributed by atoms with Crippen LogP contribution in [0.15, 0.2) is 48.0 Å². The van der Waals surface area contributed by atoms with E-state index in [0.29, 0.717) is 24.3 Å². The van der Waals surface area contributed by atoms with Crippen molar-refractivity contribution in [3.63, 3.8) is 0 Å². The molecule has 0 aliphatic carbocycles. The summed E-state index contributed by atoms with van der Waals surface area (Å²) in [4.78, 5) is 29.1. The summed E-state index contributed by atoms with van der Waals surface area (Å²) in [6.07, 6.45) is 0.603. The second kappa shape index (κ2) is 9.18. The summed E-state index contributed by atoms with van der Waals surface area (Å²) in [5.74, 6) is -2.49. The molecule has 3 rings (SSSR count). The number of hydrogen-bond donors (Lipinski definition) is 2. The lowest BCUT2D eigenvalue weighted by Gasteiger charge is -2.26. The summed E-state index contributed by atoms with van der Waals surface area (Å²) >= 11 is 0. The fraction of sp³-hybridized carbons (Fsp3) is 0.304. The van der Waals surface area contributed by atoms with E-state index in [-0.39, 0.29) is 23.4 Å². The first-order valence-electron chi connectivity index (χ1n) is 9.80. The number of aromatic hydroxyl groups is 1. The van der Waals surface area contributed by atoms with Crippen LogP contribution >= 0.6 is 0 Å².